The van der Waals surface area contributed by atoms with Crippen LogP contribution in [-0.4, -0.2) is 17.9 Å². The van der Waals surface area contributed by atoms with Gasteiger partial charge in [0, 0.05) is 21.8 Å². The van der Waals surface area contributed by atoms with Crippen molar-refractivity contribution in [2.45, 2.75) is 13.3 Å². The molecule has 0 spiro atoms. The number of aryl methyl sites for hydroxylation is 1. The summed E-state index contributed by atoms with van der Waals surface area (Å²) in [5, 5.41) is 6.85. The van der Waals surface area contributed by atoms with Crippen LogP contribution in [0, 0.1) is 6.92 Å². The zero-order valence-corrected chi connectivity index (χ0v) is 15.5. The molecule has 1 aliphatic rings. The highest BCUT2D eigenvalue weighted by Gasteiger charge is 2.16. The molecule has 0 aliphatic carbocycles. The Morgan fingerprint density at radius 2 is 2.00 bits per heavy atom. The van der Waals surface area contributed by atoms with Crippen molar-refractivity contribution < 1.29 is 18.8 Å². The number of hydrogen-bond donors (Lipinski definition) is 1. The Labute approximate surface area is 158 Å². The van der Waals surface area contributed by atoms with Crippen molar-refractivity contribution >= 4 is 27.5 Å². The van der Waals surface area contributed by atoms with Gasteiger partial charge >= 0.3 is 0 Å². The van der Waals surface area contributed by atoms with Gasteiger partial charge in [-0.15, -0.1) is 0 Å². The van der Waals surface area contributed by atoms with Crippen molar-refractivity contribution in [2.75, 3.05) is 12.1 Å². The Morgan fingerprint density at radius 3 is 2.85 bits per heavy atom. The van der Waals surface area contributed by atoms with Crippen molar-refractivity contribution in [1.29, 1.82) is 0 Å². The minimum absolute atomic E-state index is 0.128. The summed E-state index contributed by atoms with van der Waals surface area (Å²) < 4.78 is 17.0. The number of anilines is 1. The summed E-state index contributed by atoms with van der Waals surface area (Å²) in [6.45, 7) is 2.19. The fourth-order valence-corrected chi connectivity index (χ4v) is 2.92. The molecule has 0 unspecified atom stereocenters. The van der Waals surface area contributed by atoms with Gasteiger partial charge in [-0.3, -0.25) is 4.79 Å². The van der Waals surface area contributed by atoms with Crippen molar-refractivity contribution in [3.05, 3.63) is 58.2 Å². The highest BCUT2D eigenvalue weighted by Crippen LogP contribution is 2.36. The molecule has 3 aromatic rings. The Hall–Kier alpha value is -2.80. The molecule has 0 atom stereocenters. The Balaban J connectivity index is 1.44. The minimum Gasteiger partial charge on any atom is -0.454 e. The van der Waals surface area contributed by atoms with Crippen molar-refractivity contribution in [1.82, 2.24) is 5.16 Å². The lowest BCUT2D eigenvalue weighted by molar-refractivity contribution is -0.115. The number of halogens is 1. The number of carbonyl (C=O) groups is 1. The van der Waals surface area contributed by atoms with E-state index in [2.05, 4.69) is 26.4 Å². The first kappa shape index (κ1) is 16.7. The van der Waals surface area contributed by atoms with Crippen LogP contribution in [0.2, 0.25) is 0 Å². The number of ether oxygens (including phenoxy) is 2. The molecule has 1 aromatic heterocycles. The lowest BCUT2D eigenvalue weighted by Crippen LogP contribution is -2.14. The third-order valence-electron chi connectivity index (χ3n) is 4.00. The quantitative estimate of drug-likeness (QED) is 0.687. The molecule has 1 N–H and O–H groups in total. The molecule has 1 aliphatic heterocycles. The number of aromatic nitrogens is 1. The van der Waals surface area contributed by atoms with Crippen LogP contribution in [0.5, 0.6) is 11.5 Å². The van der Waals surface area contributed by atoms with Crippen LogP contribution in [0.4, 0.5) is 5.69 Å². The Kier molecular flexibility index (Phi) is 4.38. The standard InChI is InChI=1S/C19H15BrN2O4/c1-11-6-13(3-4-15(11)20)21-19(23)9-14-8-17(26-22-14)12-2-5-16-18(7-12)25-10-24-16/h2-8H,9-10H2,1H3,(H,21,23). The highest BCUT2D eigenvalue weighted by molar-refractivity contribution is 9.10. The maximum absolute atomic E-state index is 12.2. The molecular formula is C19H15BrN2O4. The van der Waals surface area contributed by atoms with E-state index in [1.54, 1.807) is 6.07 Å². The third kappa shape index (κ3) is 3.43. The molecule has 132 valence electrons. The van der Waals surface area contributed by atoms with Crippen molar-refractivity contribution in [2.24, 2.45) is 0 Å². The Morgan fingerprint density at radius 1 is 1.15 bits per heavy atom. The van der Waals surface area contributed by atoms with E-state index in [-0.39, 0.29) is 19.1 Å². The molecular weight excluding hydrogens is 400 g/mol. The number of amides is 1. The molecule has 0 saturated carbocycles. The summed E-state index contributed by atoms with van der Waals surface area (Å²) in [4.78, 5) is 12.2. The number of carbonyl (C=O) groups excluding carboxylic acids is 1. The van der Waals surface area contributed by atoms with Crippen LogP contribution in [0.25, 0.3) is 11.3 Å². The van der Waals surface area contributed by atoms with E-state index < -0.39 is 0 Å². The summed E-state index contributed by atoms with van der Waals surface area (Å²) in [5.74, 6) is 1.80. The first-order chi connectivity index (χ1) is 12.6. The van der Waals surface area contributed by atoms with E-state index >= 15 is 0 Å². The highest BCUT2D eigenvalue weighted by atomic mass is 79.9. The van der Waals surface area contributed by atoms with Crippen LogP contribution >= 0.6 is 15.9 Å². The molecule has 26 heavy (non-hydrogen) atoms. The third-order valence-corrected chi connectivity index (χ3v) is 4.89. The topological polar surface area (TPSA) is 73.6 Å². The lowest BCUT2D eigenvalue weighted by Gasteiger charge is -2.06. The fraction of sp³-hybridized carbons (Fsp3) is 0.158. The van der Waals surface area contributed by atoms with Gasteiger partial charge in [-0.05, 0) is 48.9 Å². The van der Waals surface area contributed by atoms with Gasteiger partial charge in [0.1, 0.15) is 0 Å². The summed E-state index contributed by atoms with van der Waals surface area (Å²) in [6, 6.07) is 12.9. The van der Waals surface area contributed by atoms with Gasteiger partial charge in [-0.2, -0.15) is 0 Å². The summed E-state index contributed by atoms with van der Waals surface area (Å²) >= 11 is 3.44. The number of benzene rings is 2. The smallest absolute Gasteiger partial charge is 0.231 e. The summed E-state index contributed by atoms with van der Waals surface area (Å²) in [6.07, 6.45) is 0.128. The number of nitrogens with one attached hydrogen (secondary N) is 1. The molecule has 7 heteroatoms. The van der Waals surface area contributed by atoms with E-state index in [1.165, 1.54) is 0 Å². The van der Waals surface area contributed by atoms with Crippen molar-refractivity contribution in [3.8, 4) is 22.8 Å². The first-order valence-electron chi connectivity index (χ1n) is 8.00. The molecule has 0 saturated heterocycles. The zero-order chi connectivity index (χ0) is 18.1. The average Bonchev–Trinajstić information content (AvgIpc) is 3.26. The largest absolute Gasteiger partial charge is 0.454 e. The number of rotatable bonds is 4. The predicted octanol–water partition coefficient (Wildman–Crippen LogP) is 4.32. The molecule has 6 nitrogen and oxygen atoms in total. The second-order valence-electron chi connectivity index (χ2n) is 5.94. The van der Waals surface area contributed by atoms with E-state index in [9.17, 15) is 4.79 Å². The lowest BCUT2D eigenvalue weighted by atomic mass is 10.1. The maximum atomic E-state index is 12.2. The van der Waals surface area contributed by atoms with Crippen LogP contribution in [0.1, 0.15) is 11.3 Å². The van der Waals surface area contributed by atoms with Gasteiger partial charge in [0.2, 0.25) is 12.7 Å². The number of nitrogens with zero attached hydrogens (tertiary/aromatic N) is 1. The van der Waals surface area contributed by atoms with E-state index in [4.69, 9.17) is 14.0 Å². The van der Waals surface area contributed by atoms with E-state index in [0.717, 1.165) is 21.3 Å². The molecule has 1 amide bonds. The van der Waals surface area contributed by atoms with Gasteiger partial charge < -0.3 is 19.3 Å². The van der Waals surface area contributed by atoms with Crippen LogP contribution in [-0.2, 0) is 11.2 Å². The second-order valence-corrected chi connectivity index (χ2v) is 6.79. The first-order valence-corrected chi connectivity index (χ1v) is 8.79. The normalized spacial score (nSPS) is 12.2. The molecule has 4 rings (SSSR count). The molecule has 0 fully saturated rings. The predicted molar refractivity (Wildman–Crippen MR) is 99.3 cm³/mol. The van der Waals surface area contributed by atoms with Crippen LogP contribution in [0.15, 0.2) is 51.5 Å². The zero-order valence-electron chi connectivity index (χ0n) is 13.9. The van der Waals surface area contributed by atoms with Gasteiger partial charge in [0.05, 0.1) is 12.1 Å². The number of hydrogen-bond acceptors (Lipinski definition) is 5. The fourth-order valence-electron chi connectivity index (χ4n) is 2.67. The molecule has 2 aromatic carbocycles. The molecule has 0 bridgehead atoms. The monoisotopic (exact) mass is 414 g/mol. The average molecular weight is 415 g/mol. The molecule has 0 radical (unpaired) electrons. The summed E-state index contributed by atoms with van der Waals surface area (Å²) in [7, 11) is 0. The number of fused-ring (bicyclic) bond motifs is 1. The van der Waals surface area contributed by atoms with Crippen LogP contribution < -0.4 is 14.8 Å². The van der Waals surface area contributed by atoms with E-state index in [0.29, 0.717) is 23.0 Å². The van der Waals surface area contributed by atoms with Gasteiger partial charge in [-0.25, -0.2) is 0 Å². The van der Waals surface area contributed by atoms with Gasteiger partial charge in [0.25, 0.3) is 0 Å². The van der Waals surface area contributed by atoms with Gasteiger partial charge in [-0.1, -0.05) is 21.1 Å². The second kappa shape index (κ2) is 6.84. The SMILES string of the molecule is Cc1cc(NC(=O)Cc2cc(-c3ccc4c(c3)OCO4)on2)ccc1Br. The maximum Gasteiger partial charge on any atom is 0.231 e. The van der Waals surface area contributed by atoms with Crippen molar-refractivity contribution in [3.63, 3.8) is 0 Å². The molecule has 2 heterocycles. The summed E-state index contributed by atoms with van der Waals surface area (Å²) in [5.41, 5.74) is 3.17. The van der Waals surface area contributed by atoms with Crippen LogP contribution in [0.3, 0.4) is 0 Å². The minimum atomic E-state index is -0.155. The Bertz CT molecular complexity index is 983. The van der Waals surface area contributed by atoms with Gasteiger partial charge in [0.15, 0.2) is 17.3 Å². The van der Waals surface area contributed by atoms with E-state index in [1.807, 2.05) is 43.3 Å².